The highest BCUT2D eigenvalue weighted by Crippen LogP contribution is 1.76. The van der Waals surface area contributed by atoms with Crippen molar-refractivity contribution in [2.45, 2.75) is 18.4 Å². The molecule has 2 radical (unpaired) electrons. The lowest BCUT2D eigenvalue weighted by molar-refractivity contribution is 0.321. The van der Waals surface area contributed by atoms with Crippen molar-refractivity contribution in [3.8, 4) is 0 Å². The van der Waals surface area contributed by atoms with Gasteiger partial charge < -0.3 is 4.43 Å². The van der Waals surface area contributed by atoms with Crippen LogP contribution in [0.1, 0.15) is 6.92 Å². The Hall–Kier alpha value is 0.709. The van der Waals surface area contributed by atoms with Crippen molar-refractivity contribution in [3.05, 3.63) is 0 Å². The quantitative estimate of drug-likeness (QED) is 0.448. The van der Waals surface area contributed by atoms with Crippen molar-refractivity contribution in [1.82, 2.24) is 0 Å². The molecule has 0 aromatic carbocycles. The van der Waals surface area contributed by atoms with Crippen LogP contribution in [0.3, 0.4) is 0 Å². The van der Waals surface area contributed by atoms with E-state index < -0.39 is 0 Å². The van der Waals surface area contributed by atoms with Crippen molar-refractivity contribution in [3.63, 3.8) is 0 Å². The second-order valence-electron chi connectivity index (χ2n) is 1.16. The first-order chi connectivity index (χ1) is 2.77. The summed E-state index contributed by atoms with van der Waals surface area (Å²) in [6.07, 6.45) is 0. The molecule has 0 aliphatic rings. The van der Waals surface area contributed by atoms with Gasteiger partial charge in [-0.15, -0.1) is 0 Å². The Morgan fingerprint density at radius 3 is 2.33 bits per heavy atom. The Bertz CT molecular complexity index is 32.0. The highest BCUT2D eigenvalue weighted by Gasteiger charge is 1.83. The Balaban J connectivity index is 2.63. The van der Waals surface area contributed by atoms with Crippen molar-refractivity contribution in [2.24, 2.45) is 0 Å². The van der Waals surface area contributed by atoms with Gasteiger partial charge in [0.1, 0.15) is 0 Å². The third kappa shape index (κ3) is 4.71. The molecule has 1 unspecified atom stereocenters. The van der Waals surface area contributed by atoms with Crippen LogP contribution in [-0.2, 0) is 4.43 Å². The lowest BCUT2D eigenvalue weighted by Gasteiger charge is -2.02. The van der Waals surface area contributed by atoms with Crippen LogP contribution in [0, 0.1) is 0 Å². The smallest absolute Gasteiger partial charge is 0.168 e. The average Bonchev–Trinajstić information content (AvgIpc) is 1.35. The molecule has 0 N–H and O–H groups in total. The number of hydrogen-bond acceptors (Lipinski definition) is 1. The maximum atomic E-state index is 5.14. The first-order valence-corrected chi connectivity index (χ1v) is 4.80. The van der Waals surface area contributed by atoms with Gasteiger partial charge in [-0.05, 0) is 4.97 Å². The monoisotopic (exact) mass is 116 g/mol. The van der Waals surface area contributed by atoms with Gasteiger partial charge in [-0.3, -0.25) is 0 Å². The number of rotatable bonds is 2. The molecule has 0 bridgehead atoms. The van der Waals surface area contributed by atoms with Gasteiger partial charge in [-0.1, -0.05) is 13.5 Å². The van der Waals surface area contributed by atoms with E-state index in [9.17, 15) is 0 Å². The average molecular weight is 116 g/mol. The maximum Gasteiger partial charge on any atom is 0.168 e. The van der Waals surface area contributed by atoms with Crippen molar-refractivity contribution < 1.29 is 4.43 Å². The minimum atomic E-state index is -0.154. The highest BCUT2D eigenvalue weighted by molar-refractivity contribution is 6.26. The second kappa shape index (κ2) is 3.88. The van der Waals surface area contributed by atoms with E-state index in [1.165, 1.54) is 0 Å². The van der Waals surface area contributed by atoms with Gasteiger partial charge >= 0.3 is 0 Å². The van der Waals surface area contributed by atoms with E-state index in [1.807, 2.05) is 6.92 Å². The Kier molecular flexibility index (Phi) is 4.34. The predicted molar refractivity (Wildman–Crippen MR) is 30.7 cm³/mol. The first-order valence-electron chi connectivity index (χ1n) is 2.14. The summed E-state index contributed by atoms with van der Waals surface area (Å²) in [5.41, 5.74) is 0. The molecule has 0 fully saturated rings. The third-order valence-corrected chi connectivity index (χ3v) is 1.87. The molecule has 0 spiro atoms. The topological polar surface area (TPSA) is 9.23 Å². The minimum Gasteiger partial charge on any atom is -0.438 e. The fraction of sp³-hybridized carbons (Fsp3) is 1.00. The van der Waals surface area contributed by atoms with Crippen LogP contribution in [0.4, 0.5) is 0 Å². The van der Waals surface area contributed by atoms with E-state index in [1.54, 1.807) is 0 Å². The molecule has 0 aliphatic heterocycles. The summed E-state index contributed by atoms with van der Waals surface area (Å²) >= 11 is 2.59. The van der Waals surface area contributed by atoms with Crippen LogP contribution < -0.4 is 0 Å². The van der Waals surface area contributed by atoms with Crippen molar-refractivity contribution >= 4 is 26.1 Å². The van der Waals surface area contributed by atoms with Crippen LogP contribution in [0.15, 0.2) is 0 Å². The van der Waals surface area contributed by atoms with Crippen molar-refractivity contribution in [1.29, 1.82) is 0 Å². The van der Waals surface area contributed by atoms with Crippen LogP contribution >= 0.6 is 0 Å². The van der Waals surface area contributed by atoms with E-state index in [4.69, 9.17) is 4.43 Å². The van der Waals surface area contributed by atoms with Gasteiger partial charge in [0.2, 0.25) is 0 Å². The van der Waals surface area contributed by atoms with E-state index in [0.717, 1.165) is 0 Å². The molecule has 1 atom stereocenters. The molecule has 0 heterocycles. The molecular weight excluding hydrogens is 107 g/mol. The lowest BCUT2D eigenvalue weighted by Crippen LogP contribution is -2.07. The standard InChI is InChI=1S/C3H9OSi.Al/c1-3-4-5-2;/h3H,5H2,1-2H3;. The summed E-state index contributed by atoms with van der Waals surface area (Å²) in [6, 6.07) is 0. The highest BCUT2D eigenvalue weighted by atomic mass is 28.2. The summed E-state index contributed by atoms with van der Waals surface area (Å²) < 4.78 is 5.14. The van der Waals surface area contributed by atoms with E-state index in [0.29, 0.717) is 4.97 Å². The Morgan fingerprint density at radius 1 is 1.83 bits per heavy atom. The van der Waals surface area contributed by atoms with Crippen LogP contribution in [0.25, 0.3) is 0 Å². The Labute approximate surface area is 49.4 Å². The predicted octanol–water partition coefficient (Wildman–Crippen LogP) is -0.351. The van der Waals surface area contributed by atoms with Crippen molar-refractivity contribution in [2.75, 3.05) is 0 Å². The normalized spacial score (nSPS) is 16.3. The molecule has 0 saturated carbocycles. The molecule has 6 heavy (non-hydrogen) atoms. The van der Waals surface area contributed by atoms with Gasteiger partial charge in [0.15, 0.2) is 26.1 Å². The molecule has 3 heteroatoms. The molecule has 1 nitrogen and oxygen atoms in total. The van der Waals surface area contributed by atoms with E-state index in [2.05, 4.69) is 22.8 Å². The lowest BCUT2D eigenvalue weighted by atomic mass is 10.9. The Morgan fingerprint density at radius 2 is 2.33 bits per heavy atom. The fourth-order valence-corrected chi connectivity index (χ4v) is 1.37. The van der Waals surface area contributed by atoms with Crippen LogP contribution in [0.2, 0.25) is 6.55 Å². The van der Waals surface area contributed by atoms with Gasteiger partial charge in [-0.2, -0.15) is 0 Å². The van der Waals surface area contributed by atoms with Crippen LogP contribution in [-0.4, -0.2) is 31.0 Å². The number of hydrogen-bond donors (Lipinski definition) is 0. The molecule has 0 amide bonds. The molecule has 0 saturated heterocycles. The fourth-order valence-electron chi connectivity index (χ4n) is 0.263. The second-order valence-corrected chi connectivity index (χ2v) is 3.01. The minimum absolute atomic E-state index is 0.154. The zero-order chi connectivity index (χ0) is 4.99. The zero-order valence-corrected chi connectivity index (χ0v) is 6.84. The van der Waals surface area contributed by atoms with E-state index >= 15 is 0 Å². The molecule has 0 aromatic heterocycles. The van der Waals surface area contributed by atoms with E-state index in [-0.39, 0.29) is 9.76 Å². The van der Waals surface area contributed by atoms with Gasteiger partial charge in [0, 0.05) is 0 Å². The molecule has 0 rings (SSSR count). The molecular formula is C3H9AlOSi. The summed E-state index contributed by atoms with van der Waals surface area (Å²) in [7, 11) is -0.154. The molecule has 0 aromatic rings. The van der Waals surface area contributed by atoms with Crippen LogP contribution in [0.5, 0.6) is 0 Å². The maximum absolute atomic E-state index is 5.14. The molecule has 0 aliphatic carbocycles. The van der Waals surface area contributed by atoms with Gasteiger partial charge in [0.25, 0.3) is 0 Å². The summed E-state index contributed by atoms with van der Waals surface area (Å²) in [6.45, 7) is 4.15. The van der Waals surface area contributed by atoms with Gasteiger partial charge in [-0.25, -0.2) is 0 Å². The molecule has 34 valence electrons. The summed E-state index contributed by atoms with van der Waals surface area (Å²) in [5.74, 6) is 0. The largest absolute Gasteiger partial charge is 0.438 e. The van der Waals surface area contributed by atoms with Gasteiger partial charge in [0.05, 0.1) is 0 Å². The third-order valence-electron chi connectivity index (χ3n) is 0.430. The first kappa shape index (κ1) is 6.71. The zero-order valence-electron chi connectivity index (χ0n) is 4.27. The SMILES string of the molecule is C[SiH2]O[CH](C)[Al]. The summed E-state index contributed by atoms with van der Waals surface area (Å²) in [5, 5.41) is 0. The summed E-state index contributed by atoms with van der Waals surface area (Å²) in [4.78, 5) is 0.377.